The number of hydrogen-bond donors (Lipinski definition) is 4. The predicted octanol–water partition coefficient (Wildman–Crippen LogP) is 1.88. The van der Waals surface area contributed by atoms with Gasteiger partial charge in [-0.2, -0.15) is 0 Å². The Morgan fingerprint density at radius 3 is 0.964 bits per heavy atom. The van der Waals surface area contributed by atoms with E-state index in [4.69, 9.17) is 20.4 Å². The summed E-state index contributed by atoms with van der Waals surface area (Å²) in [5.74, 6) is 4.51. The van der Waals surface area contributed by atoms with Gasteiger partial charge in [-0.05, 0) is 48.2 Å². The van der Waals surface area contributed by atoms with Gasteiger partial charge in [-0.25, -0.2) is 19.2 Å². The molecule has 0 amide bonds. The molecule has 2 aromatic carbocycles. The van der Waals surface area contributed by atoms with E-state index in [9.17, 15) is 19.2 Å². The first-order chi connectivity index (χ1) is 13.2. The van der Waals surface area contributed by atoms with Crippen LogP contribution in [0.15, 0.2) is 36.4 Å². The normalized spacial score (nSPS) is 9.29. The zero-order valence-corrected chi connectivity index (χ0v) is 13.9. The number of carboxylic acids is 4. The van der Waals surface area contributed by atoms with Crippen molar-refractivity contribution in [3.63, 3.8) is 0 Å². The molecule has 2 rings (SSSR count). The SMILES string of the molecule is O=C(O)c1cc(C#CC#Cc2cc(C(=O)O)cc(C(=O)O)c2)cc(C(=O)O)c1. The first kappa shape index (κ1) is 19.8. The van der Waals surface area contributed by atoms with Gasteiger partial charge < -0.3 is 20.4 Å². The van der Waals surface area contributed by atoms with Gasteiger partial charge in [0.05, 0.1) is 22.3 Å². The molecule has 0 aliphatic heterocycles. The molecule has 8 nitrogen and oxygen atoms in total. The Morgan fingerprint density at radius 1 is 0.500 bits per heavy atom. The molecule has 0 spiro atoms. The molecule has 0 aliphatic rings. The van der Waals surface area contributed by atoms with Crippen LogP contribution >= 0.6 is 0 Å². The van der Waals surface area contributed by atoms with Gasteiger partial charge in [0.2, 0.25) is 0 Å². The minimum absolute atomic E-state index is 0.108. The number of benzene rings is 2. The van der Waals surface area contributed by atoms with Crippen LogP contribution in [0.2, 0.25) is 0 Å². The number of hydrogen-bond acceptors (Lipinski definition) is 4. The third-order valence-corrected chi connectivity index (χ3v) is 3.33. The van der Waals surface area contributed by atoms with Crippen molar-refractivity contribution in [2.45, 2.75) is 0 Å². The van der Waals surface area contributed by atoms with Gasteiger partial charge in [-0.1, -0.05) is 11.8 Å². The quantitative estimate of drug-likeness (QED) is 0.589. The second-order valence-electron chi connectivity index (χ2n) is 5.32. The highest BCUT2D eigenvalue weighted by atomic mass is 16.4. The van der Waals surface area contributed by atoms with E-state index in [1.54, 1.807) is 0 Å². The molecule has 0 aromatic heterocycles. The summed E-state index contributed by atoms with van der Waals surface area (Å²) >= 11 is 0. The summed E-state index contributed by atoms with van der Waals surface area (Å²) in [6.45, 7) is 0. The average Bonchev–Trinajstić information content (AvgIpc) is 2.64. The van der Waals surface area contributed by atoms with E-state index in [-0.39, 0.29) is 33.4 Å². The fourth-order valence-electron chi connectivity index (χ4n) is 2.10. The molecular weight excluding hydrogens is 368 g/mol. The molecule has 0 fully saturated rings. The summed E-state index contributed by atoms with van der Waals surface area (Å²) in [6.07, 6.45) is 0. The summed E-state index contributed by atoms with van der Waals surface area (Å²) in [6, 6.07) is 6.70. The Morgan fingerprint density at radius 2 is 0.750 bits per heavy atom. The summed E-state index contributed by atoms with van der Waals surface area (Å²) in [5, 5.41) is 36.0. The highest BCUT2D eigenvalue weighted by Crippen LogP contribution is 2.11. The highest BCUT2D eigenvalue weighted by molar-refractivity contribution is 5.95. The van der Waals surface area contributed by atoms with Crippen LogP contribution in [-0.2, 0) is 0 Å². The topological polar surface area (TPSA) is 149 Å². The minimum atomic E-state index is -1.32. The third-order valence-electron chi connectivity index (χ3n) is 3.33. The molecule has 2 aromatic rings. The fourth-order valence-corrected chi connectivity index (χ4v) is 2.10. The third kappa shape index (κ3) is 4.97. The van der Waals surface area contributed by atoms with Crippen LogP contribution < -0.4 is 0 Å². The fraction of sp³-hybridized carbons (Fsp3) is 0. The zero-order chi connectivity index (χ0) is 20.8. The van der Waals surface area contributed by atoms with Crippen molar-refractivity contribution >= 4 is 23.9 Å². The van der Waals surface area contributed by atoms with Crippen molar-refractivity contribution in [3.8, 4) is 23.7 Å². The van der Waals surface area contributed by atoms with E-state index in [2.05, 4.69) is 23.7 Å². The van der Waals surface area contributed by atoms with Crippen LogP contribution in [0, 0.1) is 23.7 Å². The van der Waals surface area contributed by atoms with E-state index >= 15 is 0 Å². The van der Waals surface area contributed by atoms with Gasteiger partial charge >= 0.3 is 23.9 Å². The predicted molar refractivity (Wildman–Crippen MR) is 94.5 cm³/mol. The molecule has 0 aliphatic carbocycles. The molecule has 0 saturated carbocycles. The van der Waals surface area contributed by atoms with Gasteiger partial charge in [0.25, 0.3) is 0 Å². The lowest BCUT2D eigenvalue weighted by molar-refractivity contribution is 0.0676. The summed E-state index contributed by atoms with van der Waals surface area (Å²) in [5.41, 5.74) is -0.793. The van der Waals surface area contributed by atoms with Crippen LogP contribution in [0.3, 0.4) is 0 Å². The van der Waals surface area contributed by atoms with Gasteiger partial charge in [0.1, 0.15) is 0 Å². The van der Waals surface area contributed by atoms with Crippen molar-refractivity contribution in [1.29, 1.82) is 0 Å². The Hall–Kier alpha value is -4.56. The average molecular weight is 378 g/mol. The maximum Gasteiger partial charge on any atom is 0.335 e. The van der Waals surface area contributed by atoms with Gasteiger partial charge in [0, 0.05) is 11.1 Å². The number of rotatable bonds is 4. The second-order valence-corrected chi connectivity index (χ2v) is 5.32. The van der Waals surface area contributed by atoms with Crippen LogP contribution in [-0.4, -0.2) is 44.3 Å². The molecule has 0 unspecified atom stereocenters. The Labute approximate surface area is 157 Å². The maximum atomic E-state index is 11.1. The molecule has 0 saturated heterocycles. The highest BCUT2D eigenvalue weighted by Gasteiger charge is 2.11. The van der Waals surface area contributed by atoms with Gasteiger partial charge in [-0.15, -0.1) is 0 Å². The summed E-state index contributed by atoms with van der Waals surface area (Å²) < 4.78 is 0. The first-order valence-electron chi connectivity index (χ1n) is 7.43. The Balaban J connectivity index is 2.40. The van der Waals surface area contributed by atoms with Crippen molar-refractivity contribution in [3.05, 3.63) is 69.8 Å². The minimum Gasteiger partial charge on any atom is -0.478 e. The van der Waals surface area contributed by atoms with Crippen molar-refractivity contribution in [2.75, 3.05) is 0 Å². The lowest BCUT2D eigenvalue weighted by atomic mass is 10.1. The van der Waals surface area contributed by atoms with E-state index in [0.29, 0.717) is 0 Å². The van der Waals surface area contributed by atoms with Crippen LogP contribution in [0.25, 0.3) is 0 Å². The maximum absolute atomic E-state index is 11.1. The number of carboxylic acid groups (broad SMARTS) is 4. The number of aromatic carboxylic acids is 4. The lowest BCUT2D eigenvalue weighted by Crippen LogP contribution is -2.03. The van der Waals surface area contributed by atoms with E-state index < -0.39 is 23.9 Å². The van der Waals surface area contributed by atoms with Crippen LogP contribution in [0.1, 0.15) is 52.6 Å². The molecule has 0 heterocycles. The van der Waals surface area contributed by atoms with E-state index in [1.807, 2.05) is 0 Å². The molecule has 0 radical (unpaired) electrons. The Kier molecular flexibility index (Phi) is 5.80. The van der Waals surface area contributed by atoms with Crippen molar-refractivity contribution < 1.29 is 39.6 Å². The summed E-state index contributed by atoms with van der Waals surface area (Å²) in [7, 11) is 0. The standard InChI is InChI=1S/C20H10O8/c21-17(22)13-5-11(6-14(9-13)18(23)24)3-1-2-4-12-7-15(19(25)26)10-16(8-12)20(27)28/h5-10H,(H,21,22)(H,23,24)(H,25,26)(H,27,28). The monoisotopic (exact) mass is 378 g/mol. The molecule has 8 heteroatoms. The van der Waals surface area contributed by atoms with Gasteiger partial charge in [0.15, 0.2) is 0 Å². The van der Waals surface area contributed by atoms with E-state index in [0.717, 1.165) is 12.1 Å². The van der Waals surface area contributed by atoms with E-state index in [1.165, 1.54) is 24.3 Å². The first-order valence-corrected chi connectivity index (χ1v) is 7.43. The van der Waals surface area contributed by atoms with Crippen LogP contribution in [0.4, 0.5) is 0 Å². The molecule has 0 atom stereocenters. The molecule has 138 valence electrons. The smallest absolute Gasteiger partial charge is 0.335 e. The largest absolute Gasteiger partial charge is 0.478 e. The zero-order valence-electron chi connectivity index (χ0n) is 13.9. The van der Waals surface area contributed by atoms with Crippen molar-refractivity contribution in [2.24, 2.45) is 0 Å². The molecular formula is C20H10O8. The van der Waals surface area contributed by atoms with Gasteiger partial charge in [-0.3, -0.25) is 0 Å². The summed E-state index contributed by atoms with van der Waals surface area (Å²) in [4.78, 5) is 44.2. The molecule has 0 bridgehead atoms. The lowest BCUT2D eigenvalue weighted by Gasteiger charge is -2.00. The van der Waals surface area contributed by atoms with Crippen LogP contribution in [0.5, 0.6) is 0 Å². The Bertz CT molecular complexity index is 980. The second kappa shape index (κ2) is 8.21. The molecule has 28 heavy (non-hydrogen) atoms. The number of carbonyl (C=O) groups is 4. The van der Waals surface area contributed by atoms with Crippen molar-refractivity contribution in [1.82, 2.24) is 0 Å². The molecule has 4 N–H and O–H groups in total.